The molecule has 0 fully saturated rings. The molecule has 0 unspecified atom stereocenters. The van der Waals surface area contributed by atoms with Crippen LogP contribution in [-0.4, -0.2) is 9.97 Å². The van der Waals surface area contributed by atoms with Gasteiger partial charge in [0.25, 0.3) is 0 Å². The maximum Gasteiger partial charge on any atom is 0.160 e. The van der Waals surface area contributed by atoms with Crippen LogP contribution in [0.2, 0.25) is 0 Å². The van der Waals surface area contributed by atoms with E-state index in [2.05, 4.69) is 218 Å². The third-order valence-electron chi connectivity index (χ3n) is 12.4. The van der Waals surface area contributed by atoms with E-state index in [9.17, 15) is 0 Å². The minimum absolute atomic E-state index is 0.506. The van der Waals surface area contributed by atoms with Crippen molar-refractivity contribution in [2.24, 2.45) is 0 Å². The van der Waals surface area contributed by atoms with E-state index in [1.165, 1.54) is 70.1 Å². The molecule has 60 heavy (non-hydrogen) atoms. The maximum absolute atomic E-state index is 5.39. The molecule has 0 aliphatic heterocycles. The average Bonchev–Trinajstić information content (AvgIpc) is 3.86. The fourth-order valence-electron chi connectivity index (χ4n) is 9.64. The van der Waals surface area contributed by atoms with Crippen molar-refractivity contribution in [1.29, 1.82) is 0 Å². The molecule has 0 atom stereocenters. The lowest BCUT2D eigenvalue weighted by molar-refractivity contribution is 0.768. The minimum atomic E-state index is -0.506. The molecular formula is C57H36N2S. The SMILES string of the molecule is c1ccc(C2(c3ccccc3)c3ccccc3-c3ccc(-c4cc(-c5ccc(-c6cccc7sc8ccccc8c67)cc5)nc(-c5ccc6ccccc6c5)n4)cc32)cc1. The second kappa shape index (κ2) is 13.8. The van der Waals surface area contributed by atoms with Gasteiger partial charge in [0.15, 0.2) is 5.82 Å². The minimum Gasteiger partial charge on any atom is -0.228 e. The molecular weight excluding hydrogens is 745 g/mol. The van der Waals surface area contributed by atoms with Gasteiger partial charge in [-0.2, -0.15) is 0 Å². The Bertz CT molecular complexity index is 3380. The van der Waals surface area contributed by atoms with Crippen molar-refractivity contribution in [2.45, 2.75) is 5.41 Å². The van der Waals surface area contributed by atoms with Gasteiger partial charge in [0.2, 0.25) is 0 Å². The summed E-state index contributed by atoms with van der Waals surface area (Å²) in [5, 5.41) is 4.97. The van der Waals surface area contributed by atoms with Crippen LogP contribution in [0.25, 0.3) is 87.1 Å². The van der Waals surface area contributed by atoms with Gasteiger partial charge in [0.1, 0.15) is 0 Å². The summed E-state index contributed by atoms with van der Waals surface area (Å²) in [7, 11) is 0. The van der Waals surface area contributed by atoms with Gasteiger partial charge in [-0.15, -0.1) is 11.3 Å². The van der Waals surface area contributed by atoms with Gasteiger partial charge < -0.3 is 0 Å². The molecule has 12 rings (SSSR count). The van der Waals surface area contributed by atoms with Crippen molar-refractivity contribution in [2.75, 3.05) is 0 Å². The molecule has 11 aromatic rings. The van der Waals surface area contributed by atoms with Crippen LogP contribution in [0.4, 0.5) is 0 Å². The number of nitrogens with zero attached hydrogens (tertiary/aromatic N) is 2. The van der Waals surface area contributed by atoms with Crippen molar-refractivity contribution in [3.63, 3.8) is 0 Å². The lowest BCUT2D eigenvalue weighted by Crippen LogP contribution is -2.28. The molecule has 2 nitrogen and oxygen atoms in total. The fourth-order valence-corrected chi connectivity index (χ4v) is 10.8. The smallest absolute Gasteiger partial charge is 0.160 e. The largest absolute Gasteiger partial charge is 0.228 e. The van der Waals surface area contributed by atoms with Gasteiger partial charge in [0.05, 0.1) is 16.8 Å². The van der Waals surface area contributed by atoms with Crippen molar-refractivity contribution in [3.05, 3.63) is 241 Å². The van der Waals surface area contributed by atoms with E-state index in [4.69, 9.17) is 9.97 Å². The fraction of sp³-hybridized carbons (Fsp3) is 0.0175. The van der Waals surface area contributed by atoms with Gasteiger partial charge in [-0.25, -0.2) is 9.97 Å². The maximum atomic E-state index is 5.39. The molecule has 0 spiro atoms. The van der Waals surface area contributed by atoms with Gasteiger partial charge in [0, 0.05) is 36.9 Å². The molecule has 9 aromatic carbocycles. The number of hydrogen-bond acceptors (Lipinski definition) is 3. The number of benzene rings is 9. The number of rotatable bonds is 6. The lowest BCUT2D eigenvalue weighted by Gasteiger charge is -2.34. The van der Waals surface area contributed by atoms with E-state index >= 15 is 0 Å². The number of fused-ring (bicyclic) bond motifs is 7. The highest BCUT2D eigenvalue weighted by molar-refractivity contribution is 7.25. The quantitative estimate of drug-likeness (QED) is 0.168. The normalized spacial score (nSPS) is 12.8. The Kier molecular flexibility index (Phi) is 7.97. The Morgan fingerprint density at radius 1 is 0.350 bits per heavy atom. The molecule has 1 aliphatic rings. The van der Waals surface area contributed by atoms with Crippen LogP contribution in [0.3, 0.4) is 0 Å². The predicted octanol–water partition coefficient (Wildman–Crippen LogP) is 15.0. The molecule has 2 aromatic heterocycles. The predicted molar refractivity (Wildman–Crippen MR) is 251 cm³/mol. The van der Waals surface area contributed by atoms with Crippen LogP contribution >= 0.6 is 11.3 Å². The van der Waals surface area contributed by atoms with E-state index < -0.39 is 5.41 Å². The first-order valence-electron chi connectivity index (χ1n) is 20.5. The second-order valence-corrected chi connectivity index (χ2v) is 16.8. The van der Waals surface area contributed by atoms with Crippen molar-refractivity contribution in [1.82, 2.24) is 9.97 Å². The molecule has 0 saturated heterocycles. The molecule has 3 heteroatoms. The van der Waals surface area contributed by atoms with E-state index in [0.29, 0.717) is 5.82 Å². The van der Waals surface area contributed by atoms with Gasteiger partial charge in [-0.05, 0) is 85.6 Å². The number of aromatic nitrogens is 2. The Morgan fingerprint density at radius 2 is 0.933 bits per heavy atom. The third kappa shape index (κ3) is 5.40. The lowest BCUT2D eigenvalue weighted by atomic mass is 9.67. The molecule has 1 aliphatic carbocycles. The van der Waals surface area contributed by atoms with E-state index in [0.717, 1.165) is 33.5 Å². The van der Waals surface area contributed by atoms with Crippen LogP contribution in [0.5, 0.6) is 0 Å². The van der Waals surface area contributed by atoms with Crippen LogP contribution in [0.15, 0.2) is 218 Å². The third-order valence-corrected chi connectivity index (χ3v) is 13.5. The van der Waals surface area contributed by atoms with Crippen LogP contribution in [0, 0.1) is 0 Å². The average molecular weight is 781 g/mol. The summed E-state index contributed by atoms with van der Waals surface area (Å²) >= 11 is 1.85. The van der Waals surface area contributed by atoms with Crippen molar-refractivity contribution < 1.29 is 0 Å². The Labute approximate surface area is 352 Å². The molecule has 280 valence electrons. The summed E-state index contributed by atoms with van der Waals surface area (Å²) < 4.78 is 2.62. The Hall–Kier alpha value is -7.46. The Balaban J connectivity index is 1.05. The summed E-state index contributed by atoms with van der Waals surface area (Å²) in [4.78, 5) is 10.7. The highest BCUT2D eigenvalue weighted by Gasteiger charge is 2.46. The molecule has 0 amide bonds. The molecule has 0 saturated carbocycles. The van der Waals surface area contributed by atoms with Crippen molar-refractivity contribution in [3.8, 4) is 56.2 Å². The Morgan fingerprint density at radius 3 is 1.73 bits per heavy atom. The van der Waals surface area contributed by atoms with Crippen molar-refractivity contribution >= 4 is 42.3 Å². The molecule has 0 N–H and O–H groups in total. The van der Waals surface area contributed by atoms with Crippen LogP contribution < -0.4 is 0 Å². The molecule has 0 bridgehead atoms. The topological polar surface area (TPSA) is 25.8 Å². The van der Waals surface area contributed by atoms with Crippen LogP contribution in [-0.2, 0) is 5.41 Å². The summed E-state index contributed by atoms with van der Waals surface area (Å²) in [5.41, 5.74) is 14.3. The van der Waals surface area contributed by atoms with E-state index in [-0.39, 0.29) is 0 Å². The highest BCUT2D eigenvalue weighted by atomic mass is 32.1. The van der Waals surface area contributed by atoms with Crippen LogP contribution in [0.1, 0.15) is 22.3 Å². The summed E-state index contributed by atoms with van der Waals surface area (Å²) in [6.45, 7) is 0. The monoisotopic (exact) mass is 780 g/mol. The first-order valence-corrected chi connectivity index (χ1v) is 21.3. The zero-order valence-electron chi connectivity index (χ0n) is 32.6. The summed E-state index contributed by atoms with van der Waals surface area (Å²) in [6, 6.07) is 79.3. The van der Waals surface area contributed by atoms with E-state index in [1.807, 2.05) is 11.3 Å². The standard InChI is InChI=1S/C57H36N2S/c1-3-16-43(17-4-1)57(44-18-5-2-6-19-44)49-23-11-9-20-46(49)47-33-32-41(35-50(47)57)52-36-51(58-56(59-52)42-31-26-37-14-7-8-15-40(37)34-42)39-29-27-38(28-30-39)45-22-13-25-54-55(45)48-21-10-12-24-53(48)60-54/h1-36H. The zero-order chi connectivity index (χ0) is 39.6. The first-order chi connectivity index (χ1) is 29.7. The van der Waals surface area contributed by atoms with Gasteiger partial charge in [-0.1, -0.05) is 188 Å². The molecule has 2 heterocycles. The van der Waals surface area contributed by atoms with E-state index in [1.54, 1.807) is 0 Å². The number of thiophene rings is 1. The van der Waals surface area contributed by atoms with Gasteiger partial charge in [-0.3, -0.25) is 0 Å². The number of hydrogen-bond donors (Lipinski definition) is 0. The second-order valence-electron chi connectivity index (χ2n) is 15.7. The molecule has 0 radical (unpaired) electrons. The summed E-state index contributed by atoms with van der Waals surface area (Å²) in [5.74, 6) is 0.702. The first kappa shape index (κ1) is 34.6. The van der Waals surface area contributed by atoms with Gasteiger partial charge >= 0.3 is 0 Å². The summed E-state index contributed by atoms with van der Waals surface area (Å²) in [6.07, 6.45) is 0. The highest BCUT2D eigenvalue weighted by Crippen LogP contribution is 2.56. The zero-order valence-corrected chi connectivity index (χ0v) is 33.4.